The van der Waals surface area contributed by atoms with E-state index < -0.39 is 0 Å². The molecule has 0 unspecified atom stereocenters. The zero-order chi connectivity index (χ0) is 17.5. The predicted octanol–water partition coefficient (Wildman–Crippen LogP) is 3.20. The summed E-state index contributed by atoms with van der Waals surface area (Å²) in [4.78, 5) is 12.1. The fourth-order valence-corrected chi connectivity index (χ4v) is 2.41. The minimum Gasteiger partial charge on any atom is -0.359 e. The maximum atomic E-state index is 12.1. The summed E-state index contributed by atoms with van der Waals surface area (Å²) >= 11 is 0. The van der Waals surface area contributed by atoms with Crippen LogP contribution in [-0.2, 0) is 19.6 Å². The van der Waals surface area contributed by atoms with Crippen LogP contribution in [0.4, 0.5) is 0 Å². The number of nitrogens with zero attached hydrogens (tertiary/aromatic N) is 1. The average Bonchev–Trinajstić information content (AvgIpc) is 3.11. The van der Waals surface area contributed by atoms with E-state index >= 15 is 0 Å². The van der Waals surface area contributed by atoms with Gasteiger partial charge in [0.15, 0.2) is 11.5 Å². The third-order valence-electron chi connectivity index (χ3n) is 3.84. The van der Waals surface area contributed by atoms with Gasteiger partial charge in [0.25, 0.3) is 5.91 Å². The molecule has 3 aromatic rings. The van der Waals surface area contributed by atoms with E-state index in [4.69, 9.17) is 4.52 Å². The highest BCUT2D eigenvalue weighted by molar-refractivity contribution is 5.92. The van der Waals surface area contributed by atoms with Crippen LogP contribution in [0.25, 0.3) is 0 Å². The molecule has 2 aromatic carbocycles. The van der Waals surface area contributed by atoms with Crippen molar-refractivity contribution in [2.24, 2.45) is 0 Å². The number of benzene rings is 2. The Morgan fingerprint density at radius 1 is 0.960 bits per heavy atom. The number of aromatic nitrogens is 1. The number of carbonyl (C=O) groups is 1. The largest absolute Gasteiger partial charge is 0.359 e. The van der Waals surface area contributed by atoms with Gasteiger partial charge in [-0.1, -0.05) is 65.3 Å². The lowest BCUT2D eigenvalue weighted by molar-refractivity contribution is 0.0941. The van der Waals surface area contributed by atoms with Gasteiger partial charge < -0.3 is 15.2 Å². The SMILES string of the molecule is Cc1ccc(CNC(=O)c2cc(CNCc3ccccc3)on2)cc1. The van der Waals surface area contributed by atoms with Crippen LogP contribution in [0.2, 0.25) is 0 Å². The summed E-state index contributed by atoms with van der Waals surface area (Å²) in [6, 6.07) is 19.8. The van der Waals surface area contributed by atoms with Crippen molar-refractivity contribution in [2.75, 3.05) is 0 Å². The van der Waals surface area contributed by atoms with E-state index in [0.29, 0.717) is 24.5 Å². The summed E-state index contributed by atoms with van der Waals surface area (Å²) in [7, 11) is 0. The molecule has 128 valence electrons. The molecular weight excluding hydrogens is 314 g/mol. The van der Waals surface area contributed by atoms with Gasteiger partial charge in [0.05, 0.1) is 6.54 Å². The Balaban J connectivity index is 1.47. The van der Waals surface area contributed by atoms with Crippen molar-refractivity contribution in [1.29, 1.82) is 0 Å². The summed E-state index contributed by atoms with van der Waals surface area (Å²) < 4.78 is 5.22. The first-order valence-electron chi connectivity index (χ1n) is 8.25. The topological polar surface area (TPSA) is 67.2 Å². The first-order valence-corrected chi connectivity index (χ1v) is 8.25. The lowest BCUT2D eigenvalue weighted by atomic mass is 10.1. The molecule has 1 heterocycles. The molecule has 1 aromatic heterocycles. The number of rotatable bonds is 7. The fourth-order valence-electron chi connectivity index (χ4n) is 2.41. The third kappa shape index (κ3) is 5.02. The van der Waals surface area contributed by atoms with Crippen LogP contribution >= 0.6 is 0 Å². The number of nitrogens with one attached hydrogen (secondary N) is 2. The second-order valence-electron chi connectivity index (χ2n) is 5.94. The van der Waals surface area contributed by atoms with Crippen molar-refractivity contribution < 1.29 is 9.32 Å². The van der Waals surface area contributed by atoms with E-state index in [0.717, 1.165) is 12.1 Å². The summed E-state index contributed by atoms with van der Waals surface area (Å²) in [6.07, 6.45) is 0. The van der Waals surface area contributed by atoms with E-state index in [1.54, 1.807) is 6.07 Å². The Bertz CT molecular complexity index is 810. The van der Waals surface area contributed by atoms with Crippen molar-refractivity contribution in [1.82, 2.24) is 15.8 Å². The first kappa shape index (κ1) is 16.9. The summed E-state index contributed by atoms with van der Waals surface area (Å²) in [6.45, 7) is 3.75. The van der Waals surface area contributed by atoms with Gasteiger partial charge in [0.2, 0.25) is 0 Å². The smallest absolute Gasteiger partial charge is 0.273 e. The number of hydrogen-bond acceptors (Lipinski definition) is 4. The molecule has 1 amide bonds. The van der Waals surface area contributed by atoms with Crippen LogP contribution in [-0.4, -0.2) is 11.1 Å². The molecule has 3 rings (SSSR count). The summed E-state index contributed by atoms with van der Waals surface area (Å²) in [5, 5.41) is 9.96. The molecule has 0 saturated carbocycles. The highest BCUT2D eigenvalue weighted by atomic mass is 16.5. The van der Waals surface area contributed by atoms with Crippen molar-refractivity contribution in [3.8, 4) is 0 Å². The van der Waals surface area contributed by atoms with Crippen molar-refractivity contribution >= 4 is 5.91 Å². The normalized spacial score (nSPS) is 10.6. The number of carbonyl (C=O) groups excluding carboxylic acids is 1. The van der Waals surface area contributed by atoms with Crippen molar-refractivity contribution in [3.05, 3.63) is 88.8 Å². The second-order valence-corrected chi connectivity index (χ2v) is 5.94. The molecule has 0 fully saturated rings. The molecule has 5 nitrogen and oxygen atoms in total. The van der Waals surface area contributed by atoms with E-state index in [2.05, 4.69) is 27.9 Å². The molecule has 0 saturated heterocycles. The van der Waals surface area contributed by atoms with Gasteiger partial charge in [-0.05, 0) is 18.1 Å². The Hall–Kier alpha value is -2.92. The lowest BCUT2D eigenvalue weighted by Gasteiger charge is -2.03. The number of aryl methyl sites for hydroxylation is 1. The molecule has 0 spiro atoms. The lowest BCUT2D eigenvalue weighted by Crippen LogP contribution is -2.23. The average molecular weight is 335 g/mol. The van der Waals surface area contributed by atoms with Crippen LogP contribution in [0, 0.1) is 6.92 Å². The van der Waals surface area contributed by atoms with Crippen molar-refractivity contribution in [3.63, 3.8) is 0 Å². The van der Waals surface area contributed by atoms with Gasteiger partial charge in [-0.25, -0.2) is 0 Å². The molecule has 0 aliphatic heterocycles. The molecule has 0 bridgehead atoms. The van der Waals surface area contributed by atoms with Gasteiger partial charge in [0.1, 0.15) is 0 Å². The predicted molar refractivity (Wildman–Crippen MR) is 95.8 cm³/mol. The van der Waals surface area contributed by atoms with Crippen LogP contribution in [0.15, 0.2) is 65.2 Å². The molecule has 2 N–H and O–H groups in total. The Morgan fingerprint density at radius 2 is 1.68 bits per heavy atom. The van der Waals surface area contributed by atoms with Crippen molar-refractivity contribution in [2.45, 2.75) is 26.6 Å². The van der Waals surface area contributed by atoms with E-state index in [9.17, 15) is 4.79 Å². The van der Waals surface area contributed by atoms with E-state index in [1.807, 2.05) is 49.4 Å². The Labute approximate surface area is 147 Å². The van der Waals surface area contributed by atoms with E-state index in [-0.39, 0.29) is 5.91 Å². The minimum atomic E-state index is -0.237. The standard InChI is InChI=1S/C20H21N3O2/c1-15-7-9-17(10-8-15)13-22-20(24)19-11-18(25-23-19)14-21-12-16-5-3-2-4-6-16/h2-11,21H,12-14H2,1H3,(H,22,24). The van der Waals surface area contributed by atoms with Crippen LogP contribution in [0.5, 0.6) is 0 Å². The molecule has 0 aliphatic rings. The Kier molecular flexibility index (Phi) is 5.59. The number of amides is 1. The quantitative estimate of drug-likeness (QED) is 0.696. The van der Waals surface area contributed by atoms with Crippen LogP contribution in [0.3, 0.4) is 0 Å². The van der Waals surface area contributed by atoms with Gasteiger partial charge in [-0.2, -0.15) is 0 Å². The molecule has 0 atom stereocenters. The monoisotopic (exact) mass is 335 g/mol. The maximum absolute atomic E-state index is 12.1. The molecule has 0 aliphatic carbocycles. The van der Waals surface area contributed by atoms with Gasteiger partial charge in [-0.15, -0.1) is 0 Å². The molecule has 0 radical (unpaired) electrons. The summed E-state index contributed by atoms with van der Waals surface area (Å²) in [5.41, 5.74) is 3.73. The zero-order valence-corrected chi connectivity index (χ0v) is 14.2. The van der Waals surface area contributed by atoms with Crippen LogP contribution < -0.4 is 10.6 Å². The van der Waals surface area contributed by atoms with Gasteiger partial charge >= 0.3 is 0 Å². The van der Waals surface area contributed by atoms with Gasteiger partial charge in [0, 0.05) is 19.2 Å². The van der Waals surface area contributed by atoms with Crippen LogP contribution in [0.1, 0.15) is 32.9 Å². The molecule has 5 heteroatoms. The third-order valence-corrected chi connectivity index (χ3v) is 3.84. The Morgan fingerprint density at radius 3 is 2.44 bits per heavy atom. The zero-order valence-electron chi connectivity index (χ0n) is 14.2. The first-order chi connectivity index (χ1) is 12.2. The summed E-state index contributed by atoms with van der Waals surface area (Å²) in [5.74, 6) is 0.398. The minimum absolute atomic E-state index is 0.237. The van der Waals surface area contributed by atoms with E-state index in [1.165, 1.54) is 11.1 Å². The molecule has 25 heavy (non-hydrogen) atoms. The van der Waals surface area contributed by atoms with Gasteiger partial charge in [-0.3, -0.25) is 4.79 Å². The number of hydrogen-bond donors (Lipinski definition) is 2. The highest BCUT2D eigenvalue weighted by Gasteiger charge is 2.12. The fraction of sp³-hybridized carbons (Fsp3) is 0.200. The maximum Gasteiger partial charge on any atom is 0.273 e. The molecular formula is C20H21N3O2. The highest BCUT2D eigenvalue weighted by Crippen LogP contribution is 2.06. The second kappa shape index (κ2) is 8.26.